The smallest absolute Gasteiger partial charge is 0.236 e. The van der Waals surface area contributed by atoms with E-state index in [-0.39, 0.29) is 12.5 Å². The zero-order chi connectivity index (χ0) is 15.1. The van der Waals surface area contributed by atoms with E-state index in [9.17, 15) is 4.79 Å². The van der Waals surface area contributed by atoms with Crippen molar-refractivity contribution in [3.63, 3.8) is 0 Å². The van der Waals surface area contributed by atoms with E-state index in [1.165, 1.54) is 12.0 Å². The van der Waals surface area contributed by atoms with Gasteiger partial charge in [-0.05, 0) is 31.4 Å². The van der Waals surface area contributed by atoms with Gasteiger partial charge < -0.3 is 10.6 Å². The number of carbonyl (C=O) groups is 1. The number of nitrogens with two attached hydrogens (primary N) is 1. The fourth-order valence-electron chi connectivity index (χ4n) is 3.08. The normalized spacial score (nSPS) is 19.0. The van der Waals surface area contributed by atoms with Gasteiger partial charge in [0.15, 0.2) is 0 Å². The van der Waals surface area contributed by atoms with Crippen molar-refractivity contribution in [2.45, 2.75) is 38.8 Å². The lowest BCUT2D eigenvalue weighted by atomic mass is 10.0. The maximum Gasteiger partial charge on any atom is 0.236 e. The van der Waals surface area contributed by atoms with Crippen LogP contribution in [-0.4, -0.2) is 47.9 Å². The third kappa shape index (κ3) is 4.55. The van der Waals surface area contributed by atoms with Gasteiger partial charge >= 0.3 is 0 Å². The molecule has 116 valence electrons. The SMILES string of the molecule is CCN(Cc1ccccc1)C[C@H]1CCCCN1C(=O)CN. The van der Waals surface area contributed by atoms with Gasteiger partial charge in [0.1, 0.15) is 0 Å². The van der Waals surface area contributed by atoms with Crippen molar-refractivity contribution in [2.24, 2.45) is 5.73 Å². The lowest BCUT2D eigenvalue weighted by Crippen LogP contribution is -2.51. The number of benzene rings is 1. The molecule has 4 nitrogen and oxygen atoms in total. The van der Waals surface area contributed by atoms with Crippen LogP contribution in [0.4, 0.5) is 0 Å². The number of hydrogen-bond donors (Lipinski definition) is 1. The Morgan fingerprint density at radius 1 is 1.33 bits per heavy atom. The lowest BCUT2D eigenvalue weighted by molar-refractivity contribution is -0.133. The van der Waals surface area contributed by atoms with Gasteiger partial charge in [-0.2, -0.15) is 0 Å². The molecule has 1 heterocycles. The summed E-state index contributed by atoms with van der Waals surface area (Å²) in [5, 5.41) is 0. The molecule has 0 aromatic heterocycles. The van der Waals surface area contributed by atoms with Crippen molar-refractivity contribution in [3.05, 3.63) is 35.9 Å². The molecule has 4 heteroatoms. The van der Waals surface area contributed by atoms with Crippen LogP contribution in [0.25, 0.3) is 0 Å². The Bertz CT molecular complexity index is 435. The average Bonchev–Trinajstić information content (AvgIpc) is 2.55. The number of likely N-dealkylation sites (tertiary alicyclic amines) is 1. The highest BCUT2D eigenvalue weighted by molar-refractivity contribution is 5.78. The molecule has 0 saturated carbocycles. The van der Waals surface area contributed by atoms with Crippen molar-refractivity contribution in [2.75, 3.05) is 26.2 Å². The van der Waals surface area contributed by atoms with Gasteiger partial charge in [-0.25, -0.2) is 0 Å². The highest BCUT2D eigenvalue weighted by Gasteiger charge is 2.27. The van der Waals surface area contributed by atoms with Gasteiger partial charge in [0.25, 0.3) is 0 Å². The second-order valence-corrected chi connectivity index (χ2v) is 5.75. The largest absolute Gasteiger partial charge is 0.337 e. The molecule has 1 aromatic rings. The van der Waals surface area contributed by atoms with Crippen LogP contribution in [-0.2, 0) is 11.3 Å². The standard InChI is InChI=1S/C17H27N3O/c1-2-19(13-15-8-4-3-5-9-15)14-16-10-6-7-11-20(16)17(21)12-18/h3-5,8-9,16H,2,6-7,10-14,18H2,1H3/t16-/m1/s1. The highest BCUT2D eigenvalue weighted by atomic mass is 16.2. The van der Waals surface area contributed by atoms with Crippen LogP contribution in [0.15, 0.2) is 30.3 Å². The molecule has 2 rings (SSSR count). The Morgan fingerprint density at radius 2 is 2.10 bits per heavy atom. The minimum atomic E-state index is 0.0930. The van der Waals surface area contributed by atoms with Crippen LogP contribution in [0, 0.1) is 0 Å². The molecule has 2 N–H and O–H groups in total. The van der Waals surface area contributed by atoms with E-state index in [0.29, 0.717) is 6.04 Å². The highest BCUT2D eigenvalue weighted by Crippen LogP contribution is 2.19. The molecule has 1 aliphatic rings. The number of amides is 1. The maximum atomic E-state index is 12.0. The first-order valence-electron chi connectivity index (χ1n) is 8.00. The van der Waals surface area contributed by atoms with E-state index in [2.05, 4.69) is 36.1 Å². The fraction of sp³-hybridized carbons (Fsp3) is 0.588. The number of carbonyl (C=O) groups excluding carboxylic acids is 1. The Labute approximate surface area is 127 Å². The molecule has 1 amide bonds. The summed E-state index contributed by atoms with van der Waals surface area (Å²) < 4.78 is 0. The summed E-state index contributed by atoms with van der Waals surface area (Å²) in [5.74, 6) is 0.0930. The topological polar surface area (TPSA) is 49.6 Å². The molecule has 0 spiro atoms. The average molecular weight is 289 g/mol. The van der Waals surface area contributed by atoms with Gasteiger partial charge in [-0.15, -0.1) is 0 Å². The quantitative estimate of drug-likeness (QED) is 0.869. The van der Waals surface area contributed by atoms with Crippen LogP contribution in [0.1, 0.15) is 31.7 Å². The summed E-state index contributed by atoms with van der Waals surface area (Å²) >= 11 is 0. The van der Waals surface area contributed by atoms with E-state index in [0.717, 1.165) is 39.0 Å². The van der Waals surface area contributed by atoms with Crippen molar-refractivity contribution in [1.29, 1.82) is 0 Å². The monoisotopic (exact) mass is 289 g/mol. The van der Waals surface area contributed by atoms with Crippen LogP contribution < -0.4 is 5.73 Å². The van der Waals surface area contributed by atoms with Gasteiger partial charge in [-0.3, -0.25) is 9.69 Å². The Hall–Kier alpha value is -1.39. The molecule has 1 atom stereocenters. The number of rotatable bonds is 6. The molecular formula is C17H27N3O. The molecular weight excluding hydrogens is 262 g/mol. The van der Waals surface area contributed by atoms with Crippen molar-refractivity contribution in [3.8, 4) is 0 Å². The van der Waals surface area contributed by atoms with Gasteiger partial charge in [0.05, 0.1) is 6.54 Å². The molecule has 0 unspecified atom stereocenters. The summed E-state index contributed by atoms with van der Waals surface area (Å²) in [5.41, 5.74) is 6.87. The zero-order valence-corrected chi connectivity index (χ0v) is 13.0. The third-order valence-corrected chi connectivity index (χ3v) is 4.29. The van der Waals surface area contributed by atoms with E-state index >= 15 is 0 Å². The molecule has 1 saturated heterocycles. The van der Waals surface area contributed by atoms with E-state index in [4.69, 9.17) is 5.73 Å². The number of likely N-dealkylation sites (N-methyl/N-ethyl adjacent to an activating group) is 1. The predicted molar refractivity (Wildman–Crippen MR) is 85.8 cm³/mol. The second-order valence-electron chi connectivity index (χ2n) is 5.75. The Kier molecular flexibility index (Phi) is 6.21. The third-order valence-electron chi connectivity index (χ3n) is 4.29. The van der Waals surface area contributed by atoms with Gasteiger partial charge in [-0.1, -0.05) is 37.3 Å². The Balaban J connectivity index is 1.97. The summed E-state index contributed by atoms with van der Waals surface area (Å²) in [6, 6.07) is 10.8. The fourth-order valence-corrected chi connectivity index (χ4v) is 3.08. The van der Waals surface area contributed by atoms with E-state index < -0.39 is 0 Å². The number of hydrogen-bond acceptors (Lipinski definition) is 3. The van der Waals surface area contributed by atoms with Crippen molar-refractivity contribution >= 4 is 5.91 Å². The van der Waals surface area contributed by atoms with Crippen LogP contribution in [0.3, 0.4) is 0 Å². The first-order chi connectivity index (χ1) is 10.2. The molecule has 21 heavy (non-hydrogen) atoms. The van der Waals surface area contributed by atoms with E-state index in [1.807, 2.05) is 11.0 Å². The van der Waals surface area contributed by atoms with Crippen LogP contribution >= 0.6 is 0 Å². The first-order valence-corrected chi connectivity index (χ1v) is 8.00. The molecule has 0 aliphatic carbocycles. The maximum absolute atomic E-state index is 12.0. The Morgan fingerprint density at radius 3 is 2.76 bits per heavy atom. The number of piperidine rings is 1. The van der Waals surface area contributed by atoms with Gasteiger partial charge in [0, 0.05) is 25.7 Å². The van der Waals surface area contributed by atoms with Crippen LogP contribution in [0.2, 0.25) is 0 Å². The second kappa shape index (κ2) is 8.15. The minimum Gasteiger partial charge on any atom is -0.337 e. The molecule has 1 aliphatic heterocycles. The number of nitrogens with zero attached hydrogens (tertiary/aromatic N) is 2. The molecule has 0 radical (unpaired) electrons. The molecule has 0 bridgehead atoms. The van der Waals surface area contributed by atoms with Crippen molar-refractivity contribution < 1.29 is 4.79 Å². The summed E-state index contributed by atoms with van der Waals surface area (Å²) in [7, 11) is 0. The lowest BCUT2D eigenvalue weighted by Gasteiger charge is -2.38. The molecule has 1 fully saturated rings. The summed E-state index contributed by atoms with van der Waals surface area (Å²) in [4.78, 5) is 16.4. The first kappa shape index (κ1) is 16.0. The summed E-state index contributed by atoms with van der Waals surface area (Å²) in [6.45, 7) is 6.05. The van der Waals surface area contributed by atoms with Crippen molar-refractivity contribution in [1.82, 2.24) is 9.80 Å². The van der Waals surface area contributed by atoms with Gasteiger partial charge in [0.2, 0.25) is 5.91 Å². The molecule has 1 aromatic carbocycles. The predicted octanol–water partition coefficient (Wildman–Crippen LogP) is 1.85. The summed E-state index contributed by atoms with van der Waals surface area (Å²) in [6.07, 6.45) is 3.41. The zero-order valence-electron chi connectivity index (χ0n) is 13.0. The van der Waals surface area contributed by atoms with E-state index in [1.54, 1.807) is 0 Å². The van der Waals surface area contributed by atoms with Crippen LogP contribution in [0.5, 0.6) is 0 Å². The minimum absolute atomic E-state index is 0.0930.